The van der Waals surface area contributed by atoms with Gasteiger partial charge in [-0.15, -0.1) is 0 Å². The molecule has 0 fully saturated rings. The molecule has 0 aliphatic heterocycles. The summed E-state index contributed by atoms with van der Waals surface area (Å²) in [5.41, 5.74) is 2.46. The van der Waals surface area contributed by atoms with Gasteiger partial charge in [-0.05, 0) is 44.2 Å². The molecule has 2 aromatic heterocycles. The molecule has 7 heteroatoms. The van der Waals surface area contributed by atoms with Crippen LogP contribution in [-0.4, -0.2) is 37.1 Å². The molecule has 3 aromatic rings. The topological polar surface area (TPSA) is 79.9 Å². The van der Waals surface area contributed by atoms with Crippen LogP contribution in [0.3, 0.4) is 0 Å². The number of furan rings is 1. The average Bonchev–Trinajstić information content (AvgIpc) is 3.35. The zero-order valence-electron chi connectivity index (χ0n) is 16.9. The summed E-state index contributed by atoms with van der Waals surface area (Å²) in [5, 5.41) is 0. The van der Waals surface area contributed by atoms with Gasteiger partial charge in [-0.1, -0.05) is 0 Å². The number of hydrogen-bond acceptors (Lipinski definition) is 6. The van der Waals surface area contributed by atoms with E-state index in [2.05, 4.69) is 0 Å². The Morgan fingerprint density at radius 2 is 1.83 bits per heavy atom. The standard InChI is InChI=1S/C22H23NO6/c1-14-10-19(15(2)23(14)12-17-6-5-9-28-17)20(24)13-29-22(25)18-8-7-16(26-3)11-21(18)27-4/h5-11H,12-13H2,1-4H3. The van der Waals surface area contributed by atoms with Crippen LogP contribution in [0.2, 0.25) is 0 Å². The number of ketones is 1. The van der Waals surface area contributed by atoms with Crippen LogP contribution in [0, 0.1) is 13.8 Å². The fraction of sp³-hybridized carbons (Fsp3) is 0.273. The zero-order valence-corrected chi connectivity index (χ0v) is 16.9. The summed E-state index contributed by atoms with van der Waals surface area (Å²) >= 11 is 0. The van der Waals surface area contributed by atoms with Crippen LogP contribution >= 0.6 is 0 Å². The average molecular weight is 397 g/mol. The Morgan fingerprint density at radius 1 is 1.03 bits per heavy atom. The van der Waals surface area contributed by atoms with Gasteiger partial charge in [-0.2, -0.15) is 0 Å². The molecule has 0 amide bonds. The van der Waals surface area contributed by atoms with Crippen LogP contribution < -0.4 is 9.47 Å². The molecule has 0 saturated heterocycles. The van der Waals surface area contributed by atoms with Gasteiger partial charge < -0.3 is 23.2 Å². The molecule has 3 rings (SSSR count). The van der Waals surface area contributed by atoms with E-state index in [0.29, 0.717) is 23.6 Å². The van der Waals surface area contributed by atoms with Crippen molar-refractivity contribution in [1.82, 2.24) is 4.57 Å². The number of rotatable bonds is 8. The minimum Gasteiger partial charge on any atom is -0.497 e. The minimum atomic E-state index is -0.637. The SMILES string of the molecule is COc1ccc(C(=O)OCC(=O)c2cc(C)n(Cc3ccco3)c2C)c(OC)c1. The van der Waals surface area contributed by atoms with Gasteiger partial charge in [-0.25, -0.2) is 4.79 Å². The number of esters is 1. The molecule has 0 aliphatic rings. The first-order valence-electron chi connectivity index (χ1n) is 9.06. The van der Waals surface area contributed by atoms with Gasteiger partial charge in [0.1, 0.15) is 22.8 Å². The predicted octanol–water partition coefficient (Wildman–Crippen LogP) is 3.80. The number of aryl methyl sites for hydroxylation is 1. The number of Topliss-reactive ketones (excluding diaryl/α,β-unsaturated/α-hetero) is 1. The number of hydrogen-bond donors (Lipinski definition) is 0. The summed E-state index contributed by atoms with van der Waals surface area (Å²) in [6.45, 7) is 3.94. The second-order valence-electron chi connectivity index (χ2n) is 6.52. The number of carbonyl (C=O) groups excluding carboxylic acids is 2. The van der Waals surface area contributed by atoms with Crippen LogP contribution in [0.4, 0.5) is 0 Å². The lowest BCUT2D eigenvalue weighted by Gasteiger charge is -2.10. The normalized spacial score (nSPS) is 10.6. The maximum atomic E-state index is 12.7. The number of ether oxygens (including phenoxy) is 3. The Kier molecular flexibility index (Phi) is 6.07. The van der Waals surface area contributed by atoms with Gasteiger partial charge in [0.2, 0.25) is 5.78 Å². The van der Waals surface area contributed by atoms with Crippen LogP contribution in [0.5, 0.6) is 11.5 Å². The Hall–Kier alpha value is -3.48. The molecular formula is C22H23NO6. The van der Waals surface area contributed by atoms with Crippen molar-refractivity contribution in [3.8, 4) is 11.5 Å². The third kappa shape index (κ3) is 4.34. The molecule has 0 radical (unpaired) electrons. The van der Waals surface area contributed by atoms with E-state index < -0.39 is 5.97 Å². The number of methoxy groups -OCH3 is 2. The monoisotopic (exact) mass is 397 g/mol. The van der Waals surface area contributed by atoms with E-state index in [0.717, 1.165) is 17.1 Å². The van der Waals surface area contributed by atoms with E-state index in [1.54, 1.807) is 30.5 Å². The lowest BCUT2D eigenvalue weighted by atomic mass is 10.1. The van der Waals surface area contributed by atoms with Crippen molar-refractivity contribution in [3.05, 3.63) is 70.9 Å². The zero-order chi connectivity index (χ0) is 21.0. The van der Waals surface area contributed by atoms with Crippen molar-refractivity contribution < 1.29 is 28.2 Å². The Balaban J connectivity index is 1.70. The number of benzene rings is 1. The fourth-order valence-electron chi connectivity index (χ4n) is 3.14. The molecule has 1 aromatic carbocycles. The molecule has 0 spiro atoms. The number of aromatic nitrogens is 1. The van der Waals surface area contributed by atoms with Crippen LogP contribution in [0.1, 0.15) is 37.9 Å². The lowest BCUT2D eigenvalue weighted by molar-refractivity contribution is 0.0471. The maximum Gasteiger partial charge on any atom is 0.342 e. The van der Waals surface area contributed by atoms with Gasteiger partial charge >= 0.3 is 5.97 Å². The van der Waals surface area contributed by atoms with Crippen molar-refractivity contribution in [1.29, 1.82) is 0 Å². The third-order valence-electron chi connectivity index (χ3n) is 4.73. The van der Waals surface area contributed by atoms with E-state index in [-0.39, 0.29) is 18.0 Å². The van der Waals surface area contributed by atoms with E-state index in [1.807, 2.05) is 30.5 Å². The second-order valence-corrected chi connectivity index (χ2v) is 6.52. The molecule has 29 heavy (non-hydrogen) atoms. The lowest BCUT2D eigenvalue weighted by Crippen LogP contribution is -2.16. The Morgan fingerprint density at radius 3 is 2.48 bits per heavy atom. The molecule has 0 aliphatic carbocycles. The molecule has 0 saturated carbocycles. The molecule has 0 unspecified atom stereocenters. The van der Waals surface area contributed by atoms with Gasteiger partial charge in [0, 0.05) is 23.0 Å². The van der Waals surface area contributed by atoms with Crippen LogP contribution in [0.15, 0.2) is 47.1 Å². The number of carbonyl (C=O) groups is 2. The highest BCUT2D eigenvalue weighted by molar-refractivity contribution is 6.01. The first kappa shape index (κ1) is 20.3. The largest absolute Gasteiger partial charge is 0.497 e. The summed E-state index contributed by atoms with van der Waals surface area (Å²) in [5.74, 6) is 0.757. The molecule has 0 atom stereocenters. The van der Waals surface area contributed by atoms with Crippen LogP contribution in [-0.2, 0) is 11.3 Å². The minimum absolute atomic E-state index is 0.226. The van der Waals surface area contributed by atoms with Crippen molar-refractivity contribution in [2.24, 2.45) is 0 Å². The van der Waals surface area contributed by atoms with E-state index in [1.165, 1.54) is 14.2 Å². The Labute approximate surface area is 168 Å². The summed E-state index contributed by atoms with van der Waals surface area (Å²) in [4.78, 5) is 25.1. The molecule has 0 N–H and O–H groups in total. The first-order valence-corrected chi connectivity index (χ1v) is 9.06. The van der Waals surface area contributed by atoms with Crippen molar-refractivity contribution in [2.45, 2.75) is 20.4 Å². The molecular weight excluding hydrogens is 374 g/mol. The first-order chi connectivity index (χ1) is 13.9. The highest BCUT2D eigenvalue weighted by Crippen LogP contribution is 2.25. The molecule has 7 nitrogen and oxygen atoms in total. The van der Waals surface area contributed by atoms with Crippen LogP contribution in [0.25, 0.3) is 0 Å². The summed E-state index contributed by atoms with van der Waals surface area (Å²) in [6.07, 6.45) is 1.61. The Bertz CT molecular complexity index is 1020. The third-order valence-corrected chi connectivity index (χ3v) is 4.73. The van der Waals surface area contributed by atoms with E-state index in [4.69, 9.17) is 18.6 Å². The van der Waals surface area contributed by atoms with E-state index >= 15 is 0 Å². The van der Waals surface area contributed by atoms with Crippen molar-refractivity contribution in [3.63, 3.8) is 0 Å². The molecule has 152 valence electrons. The fourth-order valence-corrected chi connectivity index (χ4v) is 3.14. The number of nitrogens with zero attached hydrogens (tertiary/aromatic N) is 1. The van der Waals surface area contributed by atoms with Crippen molar-refractivity contribution in [2.75, 3.05) is 20.8 Å². The molecule has 2 heterocycles. The second kappa shape index (κ2) is 8.68. The van der Waals surface area contributed by atoms with Gasteiger partial charge in [0.25, 0.3) is 0 Å². The maximum absolute atomic E-state index is 12.7. The quantitative estimate of drug-likeness (QED) is 0.425. The summed E-state index contributed by atoms with van der Waals surface area (Å²) in [6, 6.07) is 10.2. The van der Waals surface area contributed by atoms with E-state index in [9.17, 15) is 9.59 Å². The van der Waals surface area contributed by atoms with Gasteiger partial charge in [0.05, 0.1) is 27.0 Å². The predicted molar refractivity (Wildman–Crippen MR) is 106 cm³/mol. The smallest absolute Gasteiger partial charge is 0.342 e. The highest BCUT2D eigenvalue weighted by Gasteiger charge is 2.20. The highest BCUT2D eigenvalue weighted by atomic mass is 16.5. The van der Waals surface area contributed by atoms with Gasteiger partial charge in [-0.3, -0.25) is 4.79 Å². The summed E-state index contributed by atoms with van der Waals surface area (Å²) in [7, 11) is 2.97. The molecule has 0 bridgehead atoms. The van der Waals surface area contributed by atoms with Gasteiger partial charge in [0.15, 0.2) is 6.61 Å². The van der Waals surface area contributed by atoms with Crippen molar-refractivity contribution >= 4 is 11.8 Å². The summed E-state index contributed by atoms with van der Waals surface area (Å²) < 4.78 is 22.9.